The molecule has 0 bridgehead atoms. The molecule has 0 aliphatic carbocycles. The smallest absolute Gasteiger partial charge is 0.336 e. The van der Waals surface area contributed by atoms with Gasteiger partial charge in [0.05, 0.1) is 22.3 Å². The van der Waals surface area contributed by atoms with Gasteiger partial charge in [-0.05, 0) is 35.4 Å². The van der Waals surface area contributed by atoms with Gasteiger partial charge in [-0.1, -0.05) is 12.1 Å². The number of benzene rings is 2. The molecule has 2 aromatic rings. The molecule has 2 rings (SSSR count). The summed E-state index contributed by atoms with van der Waals surface area (Å²) in [6.07, 6.45) is 0. The van der Waals surface area contributed by atoms with Gasteiger partial charge in [0, 0.05) is 7.05 Å². The lowest BCUT2D eigenvalue weighted by Gasteiger charge is -2.10. The van der Waals surface area contributed by atoms with Gasteiger partial charge in [0.15, 0.2) is 0 Å². The summed E-state index contributed by atoms with van der Waals surface area (Å²) in [6, 6.07) is 8.02. The van der Waals surface area contributed by atoms with E-state index in [1.165, 1.54) is 43.4 Å². The summed E-state index contributed by atoms with van der Waals surface area (Å²) in [7, 11) is 1.38. The molecule has 0 heterocycles. The quantitative estimate of drug-likeness (QED) is 0.642. The first-order valence-corrected chi connectivity index (χ1v) is 7.03. The molecular weight excluding hydrogens is 328 g/mol. The minimum atomic E-state index is -1.34. The zero-order chi connectivity index (χ0) is 18.7. The molecule has 0 aliphatic heterocycles. The summed E-state index contributed by atoms with van der Waals surface area (Å²) in [4.78, 5) is 45.8. The van der Waals surface area contributed by atoms with E-state index in [0.717, 1.165) is 0 Å². The SMILES string of the molecule is CNC(=O)c1ccc(-c2ccc(C(N)=O)c(C(=O)O)c2)cc1C(=O)O. The molecule has 8 heteroatoms. The minimum Gasteiger partial charge on any atom is -0.478 e. The van der Waals surface area contributed by atoms with Crippen molar-refractivity contribution in [1.82, 2.24) is 5.32 Å². The monoisotopic (exact) mass is 342 g/mol. The Balaban J connectivity index is 2.63. The Kier molecular flexibility index (Phi) is 4.83. The van der Waals surface area contributed by atoms with E-state index in [0.29, 0.717) is 11.1 Å². The zero-order valence-corrected chi connectivity index (χ0v) is 13.1. The molecule has 0 saturated heterocycles. The maximum Gasteiger partial charge on any atom is 0.336 e. The van der Waals surface area contributed by atoms with E-state index < -0.39 is 23.8 Å². The minimum absolute atomic E-state index is 0.0223. The number of amides is 2. The van der Waals surface area contributed by atoms with Crippen molar-refractivity contribution in [3.8, 4) is 11.1 Å². The fourth-order valence-corrected chi connectivity index (χ4v) is 2.35. The van der Waals surface area contributed by atoms with Crippen LogP contribution >= 0.6 is 0 Å². The average molecular weight is 342 g/mol. The molecule has 5 N–H and O–H groups in total. The first-order chi connectivity index (χ1) is 11.8. The van der Waals surface area contributed by atoms with Crippen LogP contribution in [0.5, 0.6) is 0 Å². The largest absolute Gasteiger partial charge is 0.478 e. The lowest BCUT2D eigenvalue weighted by Crippen LogP contribution is -2.21. The van der Waals surface area contributed by atoms with E-state index in [2.05, 4.69) is 5.32 Å². The highest BCUT2D eigenvalue weighted by Gasteiger charge is 2.19. The van der Waals surface area contributed by atoms with Crippen LogP contribution in [0.3, 0.4) is 0 Å². The molecule has 0 aliphatic rings. The number of rotatable bonds is 5. The summed E-state index contributed by atoms with van der Waals surface area (Å²) in [5.41, 5.74) is 5.19. The Morgan fingerprint density at radius 3 is 1.64 bits per heavy atom. The number of nitrogens with two attached hydrogens (primary N) is 1. The van der Waals surface area contributed by atoms with Crippen LogP contribution in [-0.4, -0.2) is 41.0 Å². The maximum absolute atomic E-state index is 11.7. The highest BCUT2D eigenvalue weighted by molar-refractivity contribution is 6.07. The Hall–Kier alpha value is -3.68. The summed E-state index contributed by atoms with van der Waals surface area (Å²) >= 11 is 0. The number of nitrogens with one attached hydrogen (secondary N) is 1. The Morgan fingerprint density at radius 2 is 1.24 bits per heavy atom. The topological polar surface area (TPSA) is 147 Å². The van der Waals surface area contributed by atoms with Gasteiger partial charge in [0.2, 0.25) is 5.91 Å². The van der Waals surface area contributed by atoms with Crippen molar-refractivity contribution in [2.75, 3.05) is 7.05 Å². The fraction of sp³-hybridized carbons (Fsp3) is 0.0588. The number of primary amides is 1. The van der Waals surface area contributed by atoms with E-state index >= 15 is 0 Å². The van der Waals surface area contributed by atoms with Gasteiger partial charge >= 0.3 is 11.9 Å². The molecule has 25 heavy (non-hydrogen) atoms. The molecule has 0 fully saturated rings. The van der Waals surface area contributed by atoms with Crippen LogP contribution in [0.25, 0.3) is 11.1 Å². The van der Waals surface area contributed by atoms with E-state index in [4.69, 9.17) is 5.73 Å². The van der Waals surface area contributed by atoms with Crippen LogP contribution < -0.4 is 11.1 Å². The second-order valence-electron chi connectivity index (χ2n) is 5.07. The van der Waals surface area contributed by atoms with Crippen LogP contribution in [0.4, 0.5) is 0 Å². The molecule has 2 aromatic carbocycles. The summed E-state index contributed by atoms with van der Waals surface area (Å²) in [5.74, 6) is -4.08. The first kappa shape index (κ1) is 17.7. The molecule has 0 radical (unpaired) electrons. The van der Waals surface area contributed by atoms with E-state index in [-0.39, 0.29) is 22.3 Å². The van der Waals surface area contributed by atoms with Crippen LogP contribution in [0, 0.1) is 0 Å². The highest BCUT2D eigenvalue weighted by atomic mass is 16.4. The zero-order valence-electron chi connectivity index (χ0n) is 13.1. The molecule has 2 amide bonds. The predicted octanol–water partition coefficient (Wildman–Crippen LogP) is 1.21. The van der Waals surface area contributed by atoms with Crippen LogP contribution in [0.15, 0.2) is 36.4 Å². The number of hydrogen-bond donors (Lipinski definition) is 4. The predicted molar refractivity (Wildman–Crippen MR) is 87.7 cm³/mol. The number of hydrogen-bond acceptors (Lipinski definition) is 4. The third-order valence-corrected chi connectivity index (χ3v) is 3.57. The van der Waals surface area contributed by atoms with Crippen molar-refractivity contribution in [3.63, 3.8) is 0 Å². The van der Waals surface area contributed by atoms with E-state index in [9.17, 15) is 29.4 Å². The molecule has 128 valence electrons. The third kappa shape index (κ3) is 3.47. The number of aromatic carboxylic acids is 2. The second kappa shape index (κ2) is 6.83. The van der Waals surface area contributed by atoms with Crippen LogP contribution in [0.2, 0.25) is 0 Å². The van der Waals surface area contributed by atoms with Gasteiger partial charge in [-0.25, -0.2) is 9.59 Å². The maximum atomic E-state index is 11.7. The Labute approximate surface area is 141 Å². The van der Waals surface area contributed by atoms with Gasteiger partial charge in [-0.3, -0.25) is 9.59 Å². The number of carboxylic acids is 2. The van der Waals surface area contributed by atoms with Gasteiger partial charge in [0.25, 0.3) is 5.91 Å². The fourth-order valence-electron chi connectivity index (χ4n) is 2.35. The molecular formula is C17H14N2O6. The van der Waals surface area contributed by atoms with Crippen molar-refractivity contribution in [1.29, 1.82) is 0 Å². The van der Waals surface area contributed by atoms with Crippen LogP contribution in [0.1, 0.15) is 41.4 Å². The summed E-state index contributed by atoms with van der Waals surface area (Å²) in [6.45, 7) is 0. The van der Waals surface area contributed by atoms with Gasteiger partial charge in [-0.15, -0.1) is 0 Å². The van der Waals surface area contributed by atoms with Crippen molar-refractivity contribution < 1.29 is 29.4 Å². The lowest BCUT2D eigenvalue weighted by atomic mass is 9.95. The molecule has 0 spiro atoms. The van der Waals surface area contributed by atoms with E-state index in [1.807, 2.05) is 0 Å². The van der Waals surface area contributed by atoms with Gasteiger partial charge in [0.1, 0.15) is 0 Å². The second-order valence-corrected chi connectivity index (χ2v) is 5.07. The molecule has 0 unspecified atom stereocenters. The van der Waals surface area contributed by atoms with Crippen molar-refractivity contribution in [3.05, 3.63) is 58.7 Å². The lowest BCUT2D eigenvalue weighted by molar-refractivity contribution is 0.0683. The Bertz CT molecular complexity index is 904. The van der Waals surface area contributed by atoms with E-state index in [1.54, 1.807) is 0 Å². The van der Waals surface area contributed by atoms with Crippen molar-refractivity contribution in [2.24, 2.45) is 5.73 Å². The summed E-state index contributed by atoms with van der Waals surface area (Å²) in [5, 5.41) is 20.9. The first-order valence-electron chi connectivity index (χ1n) is 7.03. The Morgan fingerprint density at radius 1 is 0.800 bits per heavy atom. The van der Waals surface area contributed by atoms with Crippen molar-refractivity contribution in [2.45, 2.75) is 0 Å². The number of carbonyl (C=O) groups excluding carboxylic acids is 2. The van der Waals surface area contributed by atoms with Gasteiger partial charge < -0.3 is 21.3 Å². The van der Waals surface area contributed by atoms with Gasteiger partial charge in [-0.2, -0.15) is 0 Å². The van der Waals surface area contributed by atoms with Crippen molar-refractivity contribution >= 4 is 23.8 Å². The number of carboxylic acid groups (broad SMARTS) is 2. The standard InChI is InChI=1S/C17H14N2O6/c1-19-15(21)11-5-3-9(7-13(11)17(24)25)8-2-4-10(14(18)20)12(6-8)16(22)23/h2-7H,1H3,(H2,18,20)(H,19,21)(H,22,23)(H,24,25). The third-order valence-electron chi connectivity index (χ3n) is 3.57. The normalized spacial score (nSPS) is 10.1. The number of carbonyl (C=O) groups is 4. The summed E-state index contributed by atoms with van der Waals surface area (Å²) < 4.78 is 0. The molecule has 0 aromatic heterocycles. The average Bonchev–Trinajstić information content (AvgIpc) is 2.59. The van der Waals surface area contributed by atoms with Crippen LogP contribution in [-0.2, 0) is 0 Å². The molecule has 8 nitrogen and oxygen atoms in total. The highest BCUT2D eigenvalue weighted by Crippen LogP contribution is 2.25. The molecule has 0 saturated carbocycles. The molecule has 0 atom stereocenters.